The smallest absolute Gasteiger partial charge is 0.317 e. The summed E-state index contributed by atoms with van der Waals surface area (Å²) in [6, 6.07) is 3.88. The first kappa shape index (κ1) is 15.5. The molecule has 0 saturated heterocycles. The standard InChI is InChI=1S/C13H20N2O3S/c1-15(10-11-6-5-9-19-11)13(18)14-8-4-2-3-7-12(16)17/h5-6,9H,2-4,7-8,10H2,1H3,(H,14,18)(H,16,17). The van der Waals surface area contributed by atoms with Crippen molar-refractivity contribution >= 4 is 23.3 Å². The van der Waals surface area contributed by atoms with Crippen LogP contribution in [0, 0.1) is 0 Å². The number of amides is 2. The molecule has 0 unspecified atom stereocenters. The van der Waals surface area contributed by atoms with E-state index in [9.17, 15) is 9.59 Å². The Balaban J connectivity index is 2.08. The van der Waals surface area contributed by atoms with Crippen LogP contribution in [0.3, 0.4) is 0 Å². The lowest BCUT2D eigenvalue weighted by molar-refractivity contribution is -0.137. The van der Waals surface area contributed by atoms with Crippen molar-refractivity contribution in [1.82, 2.24) is 10.2 Å². The molecule has 5 nitrogen and oxygen atoms in total. The van der Waals surface area contributed by atoms with Gasteiger partial charge in [0.05, 0.1) is 6.54 Å². The second-order valence-electron chi connectivity index (χ2n) is 4.37. The van der Waals surface area contributed by atoms with Gasteiger partial charge in [0.15, 0.2) is 0 Å². The quantitative estimate of drug-likeness (QED) is 0.721. The van der Waals surface area contributed by atoms with Crippen molar-refractivity contribution in [2.75, 3.05) is 13.6 Å². The second kappa shape index (κ2) is 8.53. The molecule has 19 heavy (non-hydrogen) atoms. The Labute approximate surface area is 117 Å². The second-order valence-corrected chi connectivity index (χ2v) is 5.40. The van der Waals surface area contributed by atoms with Crippen molar-refractivity contribution < 1.29 is 14.7 Å². The highest BCUT2D eigenvalue weighted by atomic mass is 32.1. The molecule has 106 valence electrons. The van der Waals surface area contributed by atoms with E-state index in [-0.39, 0.29) is 12.5 Å². The van der Waals surface area contributed by atoms with Crippen LogP contribution in [0.5, 0.6) is 0 Å². The van der Waals surface area contributed by atoms with Gasteiger partial charge in [-0.3, -0.25) is 4.79 Å². The first-order valence-electron chi connectivity index (χ1n) is 6.32. The fourth-order valence-electron chi connectivity index (χ4n) is 1.62. The summed E-state index contributed by atoms with van der Waals surface area (Å²) in [5.41, 5.74) is 0. The van der Waals surface area contributed by atoms with Crippen molar-refractivity contribution in [3.63, 3.8) is 0 Å². The lowest BCUT2D eigenvalue weighted by Gasteiger charge is -2.17. The van der Waals surface area contributed by atoms with Gasteiger partial charge in [0, 0.05) is 24.9 Å². The van der Waals surface area contributed by atoms with Crippen molar-refractivity contribution in [1.29, 1.82) is 0 Å². The Kier molecular flexibility index (Phi) is 6.95. The number of hydrogen-bond acceptors (Lipinski definition) is 3. The predicted octanol–water partition coefficient (Wildman–Crippen LogP) is 2.53. The summed E-state index contributed by atoms with van der Waals surface area (Å²) in [6.45, 7) is 1.20. The minimum absolute atomic E-state index is 0.0911. The van der Waals surface area contributed by atoms with Crippen LogP contribution in [0.2, 0.25) is 0 Å². The van der Waals surface area contributed by atoms with E-state index in [1.165, 1.54) is 0 Å². The zero-order valence-corrected chi connectivity index (χ0v) is 11.9. The van der Waals surface area contributed by atoms with Crippen LogP contribution in [0.4, 0.5) is 4.79 Å². The van der Waals surface area contributed by atoms with E-state index < -0.39 is 5.97 Å². The molecule has 2 amide bonds. The molecule has 0 aliphatic carbocycles. The van der Waals surface area contributed by atoms with E-state index in [0.29, 0.717) is 19.5 Å². The van der Waals surface area contributed by atoms with Gasteiger partial charge in [-0.1, -0.05) is 12.5 Å². The van der Waals surface area contributed by atoms with Crippen molar-refractivity contribution in [2.45, 2.75) is 32.2 Å². The molecule has 0 aliphatic heterocycles. The maximum atomic E-state index is 11.7. The van der Waals surface area contributed by atoms with Crippen LogP contribution < -0.4 is 5.32 Å². The van der Waals surface area contributed by atoms with Crippen LogP contribution in [0.25, 0.3) is 0 Å². The van der Waals surface area contributed by atoms with Gasteiger partial charge in [0.2, 0.25) is 0 Å². The van der Waals surface area contributed by atoms with Crippen LogP contribution in [0.1, 0.15) is 30.6 Å². The molecule has 0 aromatic carbocycles. The average molecular weight is 284 g/mol. The van der Waals surface area contributed by atoms with Gasteiger partial charge >= 0.3 is 12.0 Å². The molecular weight excluding hydrogens is 264 g/mol. The number of carboxylic acids is 1. The number of carbonyl (C=O) groups excluding carboxylic acids is 1. The van der Waals surface area contributed by atoms with E-state index in [0.717, 1.165) is 17.7 Å². The summed E-state index contributed by atoms with van der Waals surface area (Å²) < 4.78 is 0. The highest BCUT2D eigenvalue weighted by molar-refractivity contribution is 7.09. The van der Waals surface area contributed by atoms with Gasteiger partial charge in [-0.15, -0.1) is 11.3 Å². The van der Waals surface area contributed by atoms with Crippen molar-refractivity contribution in [3.8, 4) is 0 Å². The maximum Gasteiger partial charge on any atom is 0.317 e. The number of carbonyl (C=O) groups is 2. The Morgan fingerprint density at radius 1 is 1.37 bits per heavy atom. The van der Waals surface area contributed by atoms with Gasteiger partial charge in [0.25, 0.3) is 0 Å². The third-order valence-corrected chi connectivity index (χ3v) is 3.52. The highest BCUT2D eigenvalue weighted by Crippen LogP contribution is 2.10. The molecule has 0 saturated carbocycles. The van der Waals surface area contributed by atoms with Crippen LogP contribution in [-0.4, -0.2) is 35.6 Å². The predicted molar refractivity (Wildman–Crippen MR) is 75.3 cm³/mol. The van der Waals surface area contributed by atoms with Gasteiger partial charge in [-0.25, -0.2) is 4.79 Å². The van der Waals surface area contributed by atoms with Crippen LogP contribution in [0.15, 0.2) is 17.5 Å². The van der Waals surface area contributed by atoms with E-state index in [2.05, 4.69) is 5.32 Å². The minimum atomic E-state index is -0.764. The molecule has 1 aromatic heterocycles. The number of rotatable bonds is 8. The maximum absolute atomic E-state index is 11.7. The van der Waals surface area contributed by atoms with E-state index in [4.69, 9.17) is 5.11 Å². The van der Waals surface area contributed by atoms with Gasteiger partial charge in [-0.05, 0) is 24.3 Å². The minimum Gasteiger partial charge on any atom is -0.481 e. The first-order chi connectivity index (χ1) is 9.09. The Morgan fingerprint density at radius 2 is 2.16 bits per heavy atom. The summed E-state index contributed by atoms with van der Waals surface area (Å²) in [5, 5.41) is 13.3. The lowest BCUT2D eigenvalue weighted by Crippen LogP contribution is -2.37. The monoisotopic (exact) mass is 284 g/mol. The lowest BCUT2D eigenvalue weighted by atomic mass is 10.2. The summed E-state index contributed by atoms with van der Waals surface area (Å²) >= 11 is 1.63. The molecular formula is C13H20N2O3S. The van der Waals surface area contributed by atoms with Gasteiger partial charge in [0.1, 0.15) is 0 Å². The third kappa shape index (κ3) is 6.81. The topological polar surface area (TPSA) is 69.6 Å². The zero-order valence-electron chi connectivity index (χ0n) is 11.1. The number of unbranched alkanes of at least 4 members (excludes halogenated alkanes) is 2. The summed E-state index contributed by atoms with van der Waals surface area (Å²) in [4.78, 5) is 24.8. The van der Waals surface area contributed by atoms with Crippen molar-refractivity contribution in [3.05, 3.63) is 22.4 Å². The number of hydrogen-bond donors (Lipinski definition) is 2. The van der Waals surface area contributed by atoms with Crippen LogP contribution >= 0.6 is 11.3 Å². The fraction of sp³-hybridized carbons (Fsp3) is 0.538. The van der Waals surface area contributed by atoms with E-state index >= 15 is 0 Å². The molecule has 0 fully saturated rings. The molecule has 1 aromatic rings. The molecule has 0 radical (unpaired) electrons. The third-order valence-electron chi connectivity index (χ3n) is 2.66. The van der Waals surface area contributed by atoms with Gasteiger partial charge < -0.3 is 15.3 Å². The molecule has 1 rings (SSSR count). The number of thiophene rings is 1. The number of nitrogens with zero attached hydrogens (tertiary/aromatic N) is 1. The van der Waals surface area contributed by atoms with E-state index in [1.807, 2.05) is 17.5 Å². The first-order valence-corrected chi connectivity index (χ1v) is 7.20. The average Bonchev–Trinajstić information content (AvgIpc) is 2.85. The molecule has 0 bridgehead atoms. The van der Waals surface area contributed by atoms with Gasteiger partial charge in [-0.2, -0.15) is 0 Å². The number of urea groups is 1. The van der Waals surface area contributed by atoms with Crippen molar-refractivity contribution in [2.24, 2.45) is 0 Å². The number of aliphatic carboxylic acids is 1. The number of carboxylic acid groups (broad SMARTS) is 1. The summed E-state index contributed by atoms with van der Waals surface area (Å²) in [5.74, 6) is -0.764. The fourth-order valence-corrected chi connectivity index (χ4v) is 2.37. The number of nitrogens with one attached hydrogen (secondary N) is 1. The largest absolute Gasteiger partial charge is 0.481 e. The van der Waals surface area contributed by atoms with E-state index in [1.54, 1.807) is 23.3 Å². The molecule has 1 heterocycles. The molecule has 2 N–H and O–H groups in total. The summed E-state index contributed by atoms with van der Waals surface area (Å²) in [6.07, 6.45) is 2.50. The normalized spacial score (nSPS) is 10.2. The summed E-state index contributed by atoms with van der Waals surface area (Å²) in [7, 11) is 1.76. The molecule has 0 atom stereocenters. The Bertz CT molecular complexity index is 393. The Morgan fingerprint density at radius 3 is 2.79 bits per heavy atom. The SMILES string of the molecule is CN(Cc1cccs1)C(=O)NCCCCCC(=O)O. The van der Waals surface area contributed by atoms with Crippen LogP contribution in [-0.2, 0) is 11.3 Å². The molecule has 6 heteroatoms. The molecule has 0 spiro atoms. The molecule has 0 aliphatic rings. The zero-order chi connectivity index (χ0) is 14.1. The Hall–Kier alpha value is -1.56. The highest BCUT2D eigenvalue weighted by Gasteiger charge is 2.08.